The van der Waals surface area contributed by atoms with Crippen LogP contribution in [0.4, 0.5) is 10.1 Å². The Labute approximate surface area is 128 Å². The van der Waals surface area contributed by atoms with Crippen molar-refractivity contribution in [1.82, 2.24) is 0 Å². The van der Waals surface area contributed by atoms with Crippen molar-refractivity contribution in [3.8, 4) is 0 Å². The van der Waals surface area contributed by atoms with Gasteiger partial charge < -0.3 is 5.32 Å². The van der Waals surface area contributed by atoms with Crippen LogP contribution >= 0.6 is 0 Å². The first-order valence-electron chi connectivity index (χ1n) is 6.96. The molecular weight excluding hydrogens is 281 g/mol. The smallest absolute Gasteiger partial charge is 0.224 e. The van der Waals surface area contributed by atoms with Gasteiger partial charge in [-0.3, -0.25) is 9.59 Å². The number of anilines is 1. The van der Waals surface area contributed by atoms with Crippen LogP contribution in [0.25, 0.3) is 6.08 Å². The van der Waals surface area contributed by atoms with Gasteiger partial charge in [-0.2, -0.15) is 0 Å². The molecular formula is C18H16FNO2. The predicted octanol–water partition coefficient (Wildman–Crippen LogP) is 4.07. The van der Waals surface area contributed by atoms with Gasteiger partial charge >= 0.3 is 0 Å². The molecule has 0 heterocycles. The van der Waals surface area contributed by atoms with Crippen molar-refractivity contribution in [2.24, 2.45) is 0 Å². The van der Waals surface area contributed by atoms with Crippen molar-refractivity contribution in [2.45, 2.75) is 13.3 Å². The molecule has 0 radical (unpaired) electrons. The number of halogens is 1. The Bertz CT molecular complexity index is 705. The van der Waals surface area contributed by atoms with Gasteiger partial charge in [-0.05, 0) is 35.9 Å². The number of hydrogen-bond acceptors (Lipinski definition) is 2. The van der Waals surface area contributed by atoms with Crippen molar-refractivity contribution in [3.63, 3.8) is 0 Å². The van der Waals surface area contributed by atoms with E-state index in [0.29, 0.717) is 17.7 Å². The van der Waals surface area contributed by atoms with Gasteiger partial charge in [-0.25, -0.2) is 4.39 Å². The maximum atomic E-state index is 12.8. The Morgan fingerprint density at radius 3 is 2.55 bits per heavy atom. The Morgan fingerprint density at radius 1 is 1.14 bits per heavy atom. The minimum atomic E-state index is -0.317. The van der Waals surface area contributed by atoms with Crippen molar-refractivity contribution < 1.29 is 14.0 Å². The second kappa shape index (κ2) is 7.31. The topological polar surface area (TPSA) is 46.2 Å². The average Bonchev–Trinajstić information content (AvgIpc) is 2.54. The maximum absolute atomic E-state index is 12.8. The highest BCUT2D eigenvalue weighted by Gasteiger charge is 2.04. The summed E-state index contributed by atoms with van der Waals surface area (Å²) in [6.07, 6.45) is 3.43. The summed E-state index contributed by atoms with van der Waals surface area (Å²) in [6.45, 7) is 1.76. The van der Waals surface area contributed by atoms with E-state index < -0.39 is 0 Å². The van der Waals surface area contributed by atoms with Crippen molar-refractivity contribution in [2.75, 3.05) is 5.32 Å². The molecule has 3 nitrogen and oxygen atoms in total. The van der Waals surface area contributed by atoms with Crippen molar-refractivity contribution in [1.29, 1.82) is 0 Å². The van der Waals surface area contributed by atoms with Gasteiger partial charge in [0.15, 0.2) is 5.78 Å². The van der Waals surface area contributed by atoms with Crippen LogP contribution in [0, 0.1) is 5.82 Å². The fourth-order valence-corrected chi connectivity index (χ4v) is 1.84. The van der Waals surface area contributed by atoms with Crippen LogP contribution in [-0.4, -0.2) is 11.7 Å². The summed E-state index contributed by atoms with van der Waals surface area (Å²) in [6, 6.07) is 12.6. The predicted molar refractivity (Wildman–Crippen MR) is 85.1 cm³/mol. The Morgan fingerprint density at radius 2 is 1.86 bits per heavy atom. The van der Waals surface area contributed by atoms with Crippen LogP contribution in [0.2, 0.25) is 0 Å². The molecule has 0 saturated carbocycles. The summed E-state index contributed by atoms with van der Waals surface area (Å²) in [5.74, 6) is -0.605. The lowest BCUT2D eigenvalue weighted by atomic mass is 10.1. The molecule has 0 saturated heterocycles. The van der Waals surface area contributed by atoms with Crippen molar-refractivity contribution in [3.05, 3.63) is 71.6 Å². The summed E-state index contributed by atoms with van der Waals surface area (Å²) in [5.41, 5.74) is 1.81. The average molecular weight is 297 g/mol. The molecule has 0 aliphatic carbocycles. The first kappa shape index (κ1) is 15.6. The normalized spacial score (nSPS) is 10.6. The third kappa shape index (κ3) is 4.38. The Kier molecular flexibility index (Phi) is 5.20. The molecule has 0 unspecified atom stereocenters. The number of amides is 1. The summed E-state index contributed by atoms with van der Waals surface area (Å²) >= 11 is 0. The quantitative estimate of drug-likeness (QED) is 0.668. The Hall–Kier alpha value is -2.75. The third-order valence-electron chi connectivity index (χ3n) is 3.05. The van der Waals surface area contributed by atoms with Crippen LogP contribution in [0.1, 0.15) is 29.3 Å². The SMILES string of the molecule is CCC(=O)Nc1cccc(C(=O)/C=C/c2ccc(F)cc2)c1. The monoisotopic (exact) mass is 297 g/mol. The molecule has 22 heavy (non-hydrogen) atoms. The van der Waals surface area contributed by atoms with Crippen LogP contribution < -0.4 is 5.32 Å². The molecule has 112 valence electrons. The number of hydrogen-bond donors (Lipinski definition) is 1. The summed E-state index contributed by atoms with van der Waals surface area (Å²) < 4.78 is 12.8. The molecule has 1 N–H and O–H groups in total. The number of carbonyl (C=O) groups is 2. The van der Waals surface area contributed by atoms with Gasteiger partial charge in [0, 0.05) is 17.7 Å². The van der Waals surface area contributed by atoms with E-state index in [1.54, 1.807) is 49.4 Å². The number of carbonyl (C=O) groups excluding carboxylic acids is 2. The second-order valence-corrected chi connectivity index (χ2v) is 4.73. The zero-order valence-electron chi connectivity index (χ0n) is 12.2. The first-order chi connectivity index (χ1) is 10.6. The van der Waals surface area contributed by atoms with E-state index in [1.165, 1.54) is 18.2 Å². The fraction of sp³-hybridized carbons (Fsp3) is 0.111. The lowest BCUT2D eigenvalue weighted by Gasteiger charge is -2.04. The largest absolute Gasteiger partial charge is 0.326 e. The summed E-state index contributed by atoms with van der Waals surface area (Å²) in [4.78, 5) is 23.5. The molecule has 1 amide bonds. The minimum absolute atomic E-state index is 0.105. The highest BCUT2D eigenvalue weighted by Crippen LogP contribution is 2.13. The molecule has 0 fully saturated rings. The van der Waals surface area contributed by atoms with Gasteiger partial charge in [0.1, 0.15) is 5.82 Å². The zero-order valence-corrected chi connectivity index (χ0v) is 12.2. The summed E-state index contributed by atoms with van der Waals surface area (Å²) in [5, 5.41) is 2.71. The van der Waals surface area contributed by atoms with Crippen molar-refractivity contribution >= 4 is 23.5 Å². The Balaban J connectivity index is 2.10. The molecule has 0 bridgehead atoms. The van der Waals surface area contributed by atoms with E-state index in [4.69, 9.17) is 0 Å². The number of nitrogens with one attached hydrogen (secondary N) is 1. The van der Waals surface area contributed by atoms with E-state index >= 15 is 0 Å². The second-order valence-electron chi connectivity index (χ2n) is 4.73. The fourth-order valence-electron chi connectivity index (χ4n) is 1.84. The molecule has 0 spiro atoms. The van der Waals surface area contributed by atoms with Crippen LogP contribution in [0.15, 0.2) is 54.6 Å². The first-order valence-corrected chi connectivity index (χ1v) is 6.96. The van der Waals surface area contributed by atoms with Crippen LogP contribution in [0.5, 0.6) is 0 Å². The van der Waals surface area contributed by atoms with E-state index in [-0.39, 0.29) is 17.5 Å². The van der Waals surface area contributed by atoms with E-state index in [0.717, 1.165) is 5.56 Å². The third-order valence-corrected chi connectivity index (χ3v) is 3.05. The molecule has 0 aliphatic heterocycles. The maximum Gasteiger partial charge on any atom is 0.224 e. The number of allylic oxidation sites excluding steroid dienone is 1. The van der Waals surface area contributed by atoms with E-state index in [9.17, 15) is 14.0 Å². The van der Waals surface area contributed by atoms with Gasteiger partial charge in [0.25, 0.3) is 0 Å². The highest BCUT2D eigenvalue weighted by atomic mass is 19.1. The van der Waals surface area contributed by atoms with Crippen LogP contribution in [-0.2, 0) is 4.79 Å². The van der Waals surface area contributed by atoms with E-state index in [1.807, 2.05) is 0 Å². The van der Waals surface area contributed by atoms with Gasteiger partial charge in [-0.1, -0.05) is 37.3 Å². The minimum Gasteiger partial charge on any atom is -0.326 e. The van der Waals surface area contributed by atoms with Crippen LogP contribution in [0.3, 0.4) is 0 Å². The lowest BCUT2D eigenvalue weighted by Crippen LogP contribution is -2.09. The van der Waals surface area contributed by atoms with Gasteiger partial charge in [0.2, 0.25) is 5.91 Å². The molecule has 2 aromatic carbocycles. The standard InChI is InChI=1S/C18H16FNO2/c1-2-18(22)20-16-5-3-4-14(12-16)17(21)11-8-13-6-9-15(19)10-7-13/h3-12H,2H2,1H3,(H,20,22)/b11-8+. The van der Waals surface area contributed by atoms with E-state index in [2.05, 4.69) is 5.32 Å². The highest BCUT2D eigenvalue weighted by molar-refractivity contribution is 6.07. The molecule has 2 aromatic rings. The molecule has 4 heteroatoms. The molecule has 0 atom stereocenters. The number of ketones is 1. The zero-order chi connectivity index (χ0) is 15.9. The number of rotatable bonds is 5. The molecule has 0 aliphatic rings. The van der Waals surface area contributed by atoms with Gasteiger partial charge in [-0.15, -0.1) is 0 Å². The summed E-state index contributed by atoms with van der Waals surface area (Å²) in [7, 11) is 0. The molecule has 0 aromatic heterocycles. The van der Waals surface area contributed by atoms with Gasteiger partial charge in [0.05, 0.1) is 0 Å². The molecule has 2 rings (SSSR count). The lowest BCUT2D eigenvalue weighted by molar-refractivity contribution is -0.115. The number of benzene rings is 2.